The standard InChI is InChI=1S/C17H23F3N6O4S/c1-2-3-5-21-13-10-14(23-16(22-13)31-6-4-17(18,19)20)26(25-24-10)9-7-8(15(29)30)11(27)12(9)28/h8-9,11-12,27-28H,2-7H2,1H3,(H,29,30)(H,21,22,23)/t8?,9-,11-,12+/m1/s1. The Kier molecular flexibility index (Phi) is 7.21. The first-order valence-electron chi connectivity index (χ1n) is 9.77. The summed E-state index contributed by atoms with van der Waals surface area (Å²) in [6, 6.07) is -0.910. The second-order valence-corrected chi connectivity index (χ2v) is 8.35. The number of thioether (sulfide) groups is 1. The Morgan fingerprint density at radius 2 is 2.03 bits per heavy atom. The van der Waals surface area contributed by atoms with E-state index in [2.05, 4.69) is 25.6 Å². The van der Waals surface area contributed by atoms with Crippen molar-refractivity contribution in [3.05, 3.63) is 0 Å². The van der Waals surface area contributed by atoms with E-state index in [0.717, 1.165) is 24.6 Å². The SMILES string of the molecule is CCCCNc1nc(SCCC(F)(F)F)nc2c1nnn2[C@@H]1CC(C(=O)O)[C@@H](O)[C@H]1O. The molecule has 3 rings (SSSR count). The monoisotopic (exact) mass is 464 g/mol. The molecule has 14 heteroatoms. The van der Waals surface area contributed by atoms with Crippen molar-refractivity contribution >= 4 is 34.7 Å². The minimum Gasteiger partial charge on any atom is -0.481 e. The van der Waals surface area contributed by atoms with Gasteiger partial charge in [0.1, 0.15) is 6.10 Å². The van der Waals surface area contributed by atoms with Gasteiger partial charge in [0, 0.05) is 12.3 Å². The summed E-state index contributed by atoms with van der Waals surface area (Å²) in [6.07, 6.45) is -6.60. The van der Waals surface area contributed by atoms with Gasteiger partial charge in [0.25, 0.3) is 0 Å². The number of hydrogen-bond acceptors (Lipinski definition) is 9. The van der Waals surface area contributed by atoms with Gasteiger partial charge in [-0.3, -0.25) is 4.79 Å². The molecule has 0 spiro atoms. The van der Waals surface area contributed by atoms with Gasteiger partial charge in [-0.1, -0.05) is 30.3 Å². The molecule has 0 aliphatic heterocycles. The third-order valence-corrected chi connectivity index (χ3v) is 5.87. The highest BCUT2D eigenvalue weighted by molar-refractivity contribution is 7.99. The van der Waals surface area contributed by atoms with Gasteiger partial charge >= 0.3 is 12.1 Å². The average molecular weight is 464 g/mol. The number of carboxylic acid groups (broad SMARTS) is 1. The Labute approximate surface area is 179 Å². The first-order valence-corrected chi connectivity index (χ1v) is 10.8. The second-order valence-electron chi connectivity index (χ2n) is 7.28. The van der Waals surface area contributed by atoms with Gasteiger partial charge in [0.15, 0.2) is 22.1 Å². The molecule has 1 aliphatic rings. The van der Waals surface area contributed by atoms with Crippen LogP contribution in [0.5, 0.6) is 0 Å². The van der Waals surface area contributed by atoms with Gasteiger partial charge in [0.2, 0.25) is 0 Å². The third kappa shape index (κ3) is 5.36. The van der Waals surface area contributed by atoms with Crippen molar-refractivity contribution in [2.45, 2.75) is 62.2 Å². The molecule has 2 aromatic heterocycles. The lowest BCUT2D eigenvalue weighted by atomic mass is 10.1. The van der Waals surface area contributed by atoms with Crippen molar-refractivity contribution in [3.63, 3.8) is 0 Å². The molecular formula is C17H23F3N6O4S. The molecule has 0 radical (unpaired) electrons. The minimum absolute atomic E-state index is 0.0714. The number of hydrogen-bond donors (Lipinski definition) is 4. The van der Waals surface area contributed by atoms with Crippen LogP contribution in [0.25, 0.3) is 11.2 Å². The van der Waals surface area contributed by atoms with E-state index in [9.17, 15) is 33.3 Å². The summed E-state index contributed by atoms with van der Waals surface area (Å²) in [7, 11) is 0. The number of alkyl halides is 3. The summed E-state index contributed by atoms with van der Waals surface area (Å²) in [5, 5.41) is 40.8. The van der Waals surface area contributed by atoms with Crippen LogP contribution in [0.2, 0.25) is 0 Å². The lowest BCUT2D eigenvalue weighted by molar-refractivity contribution is -0.145. The van der Waals surface area contributed by atoms with Crippen LogP contribution >= 0.6 is 11.8 Å². The number of carbonyl (C=O) groups is 1. The van der Waals surface area contributed by atoms with Gasteiger partial charge in [-0.15, -0.1) is 5.10 Å². The van der Waals surface area contributed by atoms with Crippen LogP contribution < -0.4 is 5.32 Å². The van der Waals surface area contributed by atoms with E-state index in [0.29, 0.717) is 12.4 Å². The van der Waals surface area contributed by atoms with Crippen LogP contribution in [-0.2, 0) is 4.79 Å². The van der Waals surface area contributed by atoms with Crippen LogP contribution in [0.1, 0.15) is 38.6 Å². The quantitative estimate of drug-likeness (QED) is 0.246. The maximum Gasteiger partial charge on any atom is 0.389 e. The highest BCUT2D eigenvalue weighted by atomic mass is 32.2. The lowest BCUT2D eigenvalue weighted by Gasteiger charge is -2.16. The topological polar surface area (TPSA) is 146 Å². The summed E-state index contributed by atoms with van der Waals surface area (Å²) in [5.74, 6) is -2.43. The fourth-order valence-corrected chi connectivity index (χ4v) is 4.18. The Morgan fingerprint density at radius 1 is 1.29 bits per heavy atom. The predicted molar refractivity (Wildman–Crippen MR) is 105 cm³/mol. The number of carboxylic acids is 1. The lowest BCUT2D eigenvalue weighted by Crippen LogP contribution is -2.32. The van der Waals surface area contributed by atoms with E-state index in [1.54, 1.807) is 0 Å². The maximum atomic E-state index is 12.5. The van der Waals surface area contributed by atoms with Gasteiger partial charge < -0.3 is 20.6 Å². The smallest absolute Gasteiger partial charge is 0.389 e. The van der Waals surface area contributed by atoms with E-state index in [1.807, 2.05) is 6.92 Å². The third-order valence-electron chi connectivity index (χ3n) is 5.03. The Balaban J connectivity index is 1.94. The molecule has 4 atom stereocenters. The number of nitrogens with zero attached hydrogens (tertiary/aromatic N) is 5. The van der Waals surface area contributed by atoms with Crippen LogP contribution in [-0.4, -0.2) is 76.9 Å². The largest absolute Gasteiger partial charge is 0.481 e. The molecule has 2 aromatic rings. The van der Waals surface area contributed by atoms with Crippen molar-refractivity contribution in [2.75, 3.05) is 17.6 Å². The maximum absolute atomic E-state index is 12.5. The normalized spacial score (nSPS) is 24.1. The molecule has 4 N–H and O–H groups in total. The fraction of sp³-hybridized carbons (Fsp3) is 0.706. The molecule has 0 saturated heterocycles. The first-order chi connectivity index (χ1) is 14.6. The first kappa shape index (κ1) is 23.5. The molecular weight excluding hydrogens is 441 g/mol. The predicted octanol–water partition coefficient (Wildman–Crippen LogP) is 1.85. The Morgan fingerprint density at radius 3 is 2.65 bits per heavy atom. The zero-order valence-corrected chi connectivity index (χ0v) is 17.4. The fourth-order valence-electron chi connectivity index (χ4n) is 3.36. The number of nitrogens with one attached hydrogen (secondary N) is 1. The molecule has 31 heavy (non-hydrogen) atoms. The van der Waals surface area contributed by atoms with Crippen molar-refractivity contribution in [1.82, 2.24) is 25.0 Å². The minimum atomic E-state index is -4.31. The van der Waals surface area contributed by atoms with Gasteiger partial charge in [0.05, 0.1) is 24.5 Å². The molecule has 10 nitrogen and oxygen atoms in total. The molecule has 0 aromatic carbocycles. The van der Waals surface area contributed by atoms with E-state index in [1.165, 1.54) is 4.68 Å². The Bertz CT molecular complexity index is 927. The number of aliphatic carboxylic acids is 1. The molecule has 2 heterocycles. The number of aromatic nitrogens is 5. The van der Waals surface area contributed by atoms with E-state index in [-0.39, 0.29) is 28.5 Å². The van der Waals surface area contributed by atoms with E-state index in [4.69, 9.17) is 0 Å². The van der Waals surface area contributed by atoms with Gasteiger partial charge in [-0.05, 0) is 12.8 Å². The molecule has 1 unspecified atom stereocenters. The van der Waals surface area contributed by atoms with Gasteiger partial charge in [-0.2, -0.15) is 13.2 Å². The number of anilines is 1. The van der Waals surface area contributed by atoms with Crippen LogP contribution in [0.15, 0.2) is 5.16 Å². The summed E-state index contributed by atoms with van der Waals surface area (Å²) < 4.78 is 38.7. The van der Waals surface area contributed by atoms with Crippen molar-refractivity contribution in [1.29, 1.82) is 0 Å². The molecule has 1 fully saturated rings. The van der Waals surface area contributed by atoms with Gasteiger partial charge in [-0.25, -0.2) is 14.6 Å². The summed E-state index contributed by atoms with van der Waals surface area (Å²) in [4.78, 5) is 19.9. The molecule has 1 saturated carbocycles. The average Bonchev–Trinajstić information content (AvgIpc) is 3.22. The number of fused-ring (bicyclic) bond motifs is 1. The highest BCUT2D eigenvalue weighted by Gasteiger charge is 2.47. The van der Waals surface area contributed by atoms with Crippen LogP contribution in [0, 0.1) is 5.92 Å². The summed E-state index contributed by atoms with van der Waals surface area (Å²) >= 11 is 0.820. The molecule has 0 bridgehead atoms. The number of aliphatic hydroxyl groups is 2. The van der Waals surface area contributed by atoms with Crippen molar-refractivity contribution < 1.29 is 33.3 Å². The van der Waals surface area contributed by atoms with Crippen molar-refractivity contribution in [3.8, 4) is 0 Å². The second kappa shape index (κ2) is 9.53. The number of aliphatic hydroxyl groups excluding tert-OH is 2. The summed E-state index contributed by atoms with van der Waals surface area (Å²) in [5.41, 5.74) is 0.391. The molecule has 172 valence electrons. The van der Waals surface area contributed by atoms with E-state index >= 15 is 0 Å². The molecule has 1 aliphatic carbocycles. The zero-order chi connectivity index (χ0) is 22.8. The van der Waals surface area contributed by atoms with E-state index < -0.39 is 42.7 Å². The number of halogens is 3. The van der Waals surface area contributed by atoms with Crippen LogP contribution in [0.3, 0.4) is 0 Å². The number of unbranched alkanes of at least 4 members (excludes halogenated alkanes) is 1. The highest BCUT2D eigenvalue weighted by Crippen LogP contribution is 2.37. The van der Waals surface area contributed by atoms with Crippen molar-refractivity contribution in [2.24, 2.45) is 5.92 Å². The summed E-state index contributed by atoms with van der Waals surface area (Å²) in [6.45, 7) is 2.55. The molecule has 0 amide bonds. The van der Waals surface area contributed by atoms with Crippen LogP contribution in [0.4, 0.5) is 19.0 Å². The zero-order valence-electron chi connectivity index (χ0n) is 16.6. The number of rotatable bonds is 9. The Hall–Kier alpha value is -2.19.